The first-order valence-corrected chi connectivity index (χ1v) is 7.60. The smallest absolute Gasteiger partial charge is 0.228 e. The lowest BCUT2D eigenvalue weighted by molar-refractivity contribution is 0.415. The number of nitrogens with two attached hydrogens (primary N) is 1. The van der Waals surface area contributed by atoms with Crippen molar-refractivity contribution < 1.29 is 4.74 Å². The number of nitrogens with zero attached hydrogens (tertiary/aromatic N) is 4. The van der Waals surface area contributed by atoms with Gasteiger partial charge < -0.3 is 20.4 Å². The zero-order valence-corrected chi connectivity index (χ0v) is 12.9. The Morgan fingerprint density at radius 3 is 2.78 bits per heavy atom. The van der Waals surface area contributed by atoms with Gasteiger partial charge in [-0.2, -0.15) is 4.98 Å². The molecule has 1 atom stereocenters. The van der Waals surface area contributed by atoms with E-state index >= 15 is 0 Å². The van der Waals surface area contributed by atoms with E-state index < -0.39 is 0 Å². The second kappa shape index (κ2) is 5.51. The number of aromatic nitrogens is 4. The monoisotopic (exact) mass is 310 g/mol. The van der Waals surface area contributed by atoms with Crippen molar-refractivity contribution in [2.24, 2.45) is 5.73 Å². The Labute approximate surface area is 133 Å². The Kier molecular flexibility index (Phi) is 3.34. The summed E-state index contributed by atoms with van der Waals surface area (Å²) < 4.78 is 5.22. The highest BCUT2D eigenvalue weighted by Crippen LogP contribution is 2.28. The highest BCUT2D eigenvalue weighted by atomic mass is 16.5. The fourth-order valence-corrected chi connectivity index (χ4v) is 2.89. The quantitative estimate of drug-likeness (QED) is 0.762. The fraction of sp³-hybridized carbons (Fsp3) is 0.312. The molecule has 0 radical (unpaired) electrons. The Morgan fingerprint density at radius 1 is 1.26 bits per heavy atom. The molecule has 3 heterocycles. The van der Waals surface area contributed by atoms with E-state index in [4.69, 9.17) is 15.5 Å². The maximum absolute atomic E-state index is 6.00. The first kappa shape index (κ1) is 14.0. The van der Waals surface area contributed by atoms with Gasteiger partial charge in [-0.25, -0.2) is 9.97 Å². The highest BCUT2D eigenvalue weighted by molar-refractivity contribution is 5.88. The standard InChI is InChI=1S/C16H18N6O/c1-23-12-4-2-10(3-5-12)13-14-15(19-9-18-14)21-16(20-13)22-7-6-11(17)8-22/h2-5,9,11H,6-8,17H2,1H3,(H,18,19,20,21)/t11-/m1/s1. The molecular weight excluding hydrogens is 292 g/mol. The molecule has 1 aliphatic rings. The van der Waals surface area contributed by atoms with Gasteiger partial charge in [0.15, 0.2) is 5.65 Å². The number of ether oxygens (including phenoxy) is 1. The maximum Gasteiger partial charge on any atom is 0.228 e. The lowest BCUT2D eigenvalue weighted by Crippen LogP contribution is -2.27. The topological polar surface area (TPSA) is 92.9 Å². The van der Waals surface area contributed by atoms with Crippen LogP contribution >= 0.6 is 0 Å². The van der Waals surface area contributed by atoms with Crippen LogP contribution in [0.3, 0.4) is 0 Å². The van der Waals surface area contributed by atoms with Crippen molar-refractivity contribution in [2.45, 2.75) is 12.5 Å². The van der Waals surface area contributed by atoms with Crippen LogP contribution in [-0.4, -0.2) is 46.2 Å². The molecule has 23 heavy (non-hydrogen) atoms. The van der Waals surface area contributed by atoms with Gasteiger partial charge in [0.2, 0.25) is 5.95 Å². The summed E-state index contributed by atoms with van der Waals surface area (Å²) >= 11 is 0. The second-order valence-electron chi connectivity index (χ2n) is 5.70. The number of hydrogen-bond donors (Lipinski definition) is 2. The number of nitrogens with one attached hydrogen (secondary N) is 1. The number of fused-ring (bicyclic) bond motifs is 1. The van der Waals surface area contributed by atoms with E-state index in [2.05, 4.69) is 19.9 Å². The van der Waals surface area contributed by atoms with Crippen LogP contribution in [0.15, 0.2) is 30.6 Å². The average molecular weight is 310 g/mol. The molecular formula is C16H18N6O. The summed E-state index contributed by atoms with van der Waals surface area (Å²) in [6, 6.07) is 8.00. The minimum atomic E-state index is 0.179. The zero-order chi connectivity index (χ0) is 15.8. The summed E-state index contributed by atoms with van der Waals surface area (Å²) in [5, 5.41) is 0. The molecule has 3 N–H and O–H groups in total. The average Bonchev–Trinajstić information content (AvgIpc) is 3.22. The summed E-state index contributed by atoms with van der Waals surface area (Å²) in [5.74, 6) is 1.50. The third-order valence-corrected chi connectivity index (χ3v) is 4.14. The van der Waals surface area contributed by atoms with Gasteiger partial charge >= 0.3 is 0 Å². The zero-order valence-electron chi connectivity index (χ0n) is 12.9. The van der Waals surface area contributed by atoms with E-state index in [0.29, 0.717) is 11.6 Å². The molecule has 118 valence electrons. The summed E-state index contributed by atoms with van der Waals surface area (Å²) in [6.45, 7) is 1.65. The molecule has 0 spiro atoms. The third-order valence-electron chi connectivity index (χ3n) is 4.14. The highest BCUT2D eigenvalue weighted by Gasteiger charge is 2.23. The van der Waals surface area contributed by atoms with Gasteiger partial charge in [0, 0.05) is 24.7 Å². The molecule has 1 aromatic carbocycles. The van der Waals surface area contributed by atoms with E-state index in [-0.39, 0.29) is 6.04 Å². The van der Waals surface area contributed by atoms with Crippen molar-refractivity contribution in [2.75, 3.05) is 25.1 Å². The van der Waals surface area contributed by atoms with Crippen molar-refractivity contribution in [3.63, 3.8) is 0 Å². The summed E-state index contributed by atoms with van der Waals surface area (Å²) in [6.07, 6.45) is 2.60. The van der Waals surface area contributed by atoms with Gasteiger partial charge in [-0.1, -0.05) is 0 Å². The number of aromatic amines is 1. The number of methoxy groups -OCH3 is 1. The molecule has 4 rings (SSSR count). The molecule has 0 saturated carbocycles. The fourth-order valence-electron chi connectivity index (χ4n) is 2.89. The third kappa shape index (κ3) is 2.49. The molecule has 0 unspecified atom stereocenters. The van der Waals surface area contributed by atoms with Crippen molar-refractivity contribution in [3.05, 3.63) is 30.6 Å². The van der Waals surface area contributed by atoms with E-state index in [1.165, 1.54) is 0 Å². The molecule has 0 aliphatic carbocycles. The van der Waals surface area contributed by atoms with Crippen LogP contribution in [0, 0.1) is 0 Å². The number of rotatable bonds is 3. The molecule has 1 saturated heterocycles. The number of hydrogen-bond acceptors (Lipinski definition) is 6. The van der Waals surface area contributed by atoms with E-state index in [0.717, 1.165) is 42.0 Å². The van der Waals surface area contributed by atoms with Gasteiger partial charge in [-0.3, -0.25) is 0 Å². The Balaban J connectivity index is 1.82. The molecule has 2 aromatic heterocycles. The number of benzene rings is 1. The first-order chi connectivity index (χ1) is 11.2. The van der Waals surface area contributed by atoms with Crippen LogP contribution in [0.4, 0.5) is 5.95 Å². The molecule has 3 aromatic rings. The molecule has 0 amide bonds. The Morgan fingerprint density at radius 2 is 2.09 bits per heavy atom. The summed E-state index contributed by atoms with van der Waals surface area (Å²) in [4.78, 5) is 18.9. The van der Waals surface area contributed by atoms with Crippen molar-refractivity contribution in [1.82, 2.24) is 19.9 Å². The van der Waals surface area contributed by atoms with Gasteiger partial charge in [0.05, 0.1) is 13.4 Å². The predicted molar refractivity (Wildman–Crippen MR) is 88.5 cm³/mol. The van der Waals surface area contributed by atoms with Crippen LogP contribution in [0.25, 0.3) is 22.4 Å². The lowest BCUT2D eigenvalue weighted by Gasteiger charge is -2.16. The van der Waals surface area contributed by atoms with Crippen molar-refractivity contribution in [3.8, 4) is 17.0 Å². The van der Waals surface area contributed by atoms with E-state index in [1.807, 2.05) is 24.3 Å². The minimum Gasteiger partial charge on any atom is -0.497 e. The summed E-state index contributed by atoms with van der Waals surface area (Å²) in [5.41, 5.74) is 9.34. The maximum atomic E-state index is 6.00. The first-order valence-electron chi connectivity index (χ1n) is 7.60. The number of imidazole rings is 1. The molecule has 1 aliphatic heterocycles. The minimum absolute atomic E-state index is 0.179. The number of H-pyrrole nitrogens is 1. The van der Waals surface area contributed by atoms with Gasteiger partial charge in [0.25, 0.3) is 0 Å². The molecule has 7 nitrogen and oxygen atoms in total. The van der Waals surface area contributed by atoms with Crippen LogP contribution in [-0.2, 0) is 0 Å². The van der Waals surface area contributed by atoms with Gasteiger partial charge in [0.1, 0.15) is 17.0 Å². The summed E-state index contributed by atoms with van der Waals surface area (Å²) in [7, 11) is 1.65. The van der Waals surface area contributed by atoms with Crippen LogP contribution in [0.2, 0.25) is 0 Å². The molecule has 1 fully saturated rings. The predicted octanol–water partition coefficient (Wildman–Crippen LogP) is 1.57. The van der Waals surface area contributed by atoms with Crippen LogP contribution in [0.5, 0.6) is 5.75 Å². The van der Waals surface area contributed by atoms with E-state index in [1.54, 1.807) is 13.4 Å². The Hall–Kier alpha value is -2.67. The number of anilines is 1. The van der Waals surface area contributed by atoms with Crippen molar-refractivity contribution >= 4 is 17.1 Å². The van der Waals surface area contributed by atoms with Crippen molar-refractivity contribution in [1.29, 1.82) is 0 Å². The van der Waals surface area contributed by atoms with Crippen LogP contribution < -0.4 is 15.4 Å². The van der Waals surface area contributed by atoms with Gasteiger partial charge in [-0.15, -0.1) is 0 Å². The van der Waals surface area contributed by atoms with E-state index in [9.17, 15) is 0 Å². The Bertz CT molecular complexity index is 828. The van der Waals surface area contributed by atoms with Gasteiger partial charge in [-0.05, 0) is 30.7 Å². The lowest BCUT2D eigenvalue weighted by atomic mass is 10.1. The largest absolute Gasteiger partial charge is 0.497 e. The molecule has 0 bridgehead atoms. The van der Waals surface area contributed by atoms with Crippen LogP contribution in [0.1, 0.15) is 6.42 Å². The normalized spacial score (nSPS) is 17.8. The second-order valence-corrected chi connectivity index (χ2v) is 5.70. The molecule has 7 heteroatoms. The SMILES string of the molecule is COc1ccc(-c2nc(N3CC[C@@H](N)C3)nc3nc[nH]c23)cc1.